The van der Waals surface area contributed by atoms with Crippen LogP contribution in [0.2, 0.25) is 0 Å². The Hall–Kier alpha value is -2.94. The van der Waals surface area contributed by atoms with Crippen LogP contribution in [0.5, 0.6) is 0 Å². The van der Waals surface area contributed by atoms with Crippen LogP contribution in [-0.4, -0.2) is 32.0 Å². The normalized spacial score (nSPS) is 11.1. The van der Waals surface area contributed by atoms with E-state index in [-0.39, 0.29) is 16.9 Å². The quantitative estimate of drug-likeness (QED) is 0.576. The fraction of sp³-hybridized carbons (Fsp3) is 0.278. The second-order valence-corrected chi connectivity index (χ2v) is 7.91. The van der Waals surface area contributed by atoms with Gasteiger partial charge in [-0.2, -0.15) is 0 Å². The maximum atomic E-state index is 12.5. The number of anilines is 2. The summed E-state index contributed by atoms with van der Waals surface area (Å²) in [6.07, 6.45) is 1.66. The van der Waals surface area contributed by atoms with E-state index in [0.29, 0.717) is 12.1 Å². The van der Waals surface area contributed by atoms with Gasteiger partial charge in [-0.05, 0) is 31.0 Å². The van der Waals surface area contributed by atoms with E-state index in [1.807, 2.05) is 19.1 Å². The number of hydrogen-bond donors (Lipinski definition) is 1. The molecular formula is C18H21N3O5S. The number of sulfonamides is 1. The van der Waals surface area contributed by atoms with Gasteiger partial charge in [0.15, 0.2) is 0 Å². The molecule has 9 heteroatoms. The molecule has 27 heavy (non-hydrogen) atoms. The summed E-state index contributed by atoms with van der Waals surface area (Å²) in [5.74, 6) is -0.535. The van der Waals surface area contributed by atoms with Crippen molar-refractivity contribution in [1.29, 1.82) is 0 Å². The maximum Gasteiger partial charge on any atom is 0.274 e. The first-order chi connectivity index (χ1) is 12.6. The summed E-state index contributed by atoms with van der Waals surface area (Å²) >= 11 is 0. The molecule has 0 heterocycles. The number of nitrogens with one attached hydrogen (secondary N) is 1. The average molecular weight is 391 g/mol. The Balaban J connectivity index is 2.35. The highest BCUT2D eigenvalue weighted by Crippen LogP contribution is 2.29. The number of benzene rings is 2. The van der Waals surface area contributed by atoms with Crippen molar-refractivity contribution in [2.75, 3.05) is 22.4 Å². The molecule has 144 valence electrons. The standard InChI is InChI=1S/C18H21N3O5S/c1-4-14-8-5-6-9-15(14)19-18(22)12-20(27(3,25)26)16-10-7-11-17(13(16)2)21(23)24/h5-11H,4,12H2,1-3H3,(H,19,22). The predicted molar refractivity (Wildman–Crippen MR) is 104 cm³/mol. The first-order valence-electron chi connectivity index (χ1n) is 8.24. The predicted octanol–water partition coefficient (Wildman–Crippen LogP) is 2.87. The molecule has 2 aromatic rings. The smallest absolute Gasteiger partial charge is 0.274 e. The summed E-state index contributed by atoms with van der Waals surface area (Å²) in [5, 5.41) is 13.9. The number of amides is 1. The number of carbonyl (C=O) groups is 1. The molecule has 0 spiro atoms. The zero-order chi connectivity index (χ0) is 20.2. The monoisotopic (exact) mass is 391 g/mol. The third kappa shape index (κ3) is 4.82. The van der Waals surface area contributed by atoms with Crippen molar-refractivity contribution in [2.45, 2.75) is 20.3 Å². The maximum absolute atomic E-state index is 12.5. The Morgan fingerprint density at radius 2 is 1.85 bits per heavy atom. The molecule has 2 rings (SSSR count). The van der Waals surface area contributed by atoms with Crippen LogP contribution >= 0.6 is 0 Å². The first kappa shape index (κ1) is 20.4. The second-order valence-electron chi connectivity index (χ2n) is 6.01. The van der Waals surface area contributed by atoms with Crippen LogP contribution in [0.3, 0.4) is 0 Å². The molecule has 0 saturated heterocycles. The minimum absolute atomic E-state index is 0.102. The number of nitro benzene ring substituents is 1. The third-order valence-corrected chi connectivity index (χ3v) is 5.23. The molecule has 0 aliphatic heterocycles. The second kappa shape index (κ2) is 8.17. The number of aryl methyl sites for hydroxylation is 1. The van der Waals surface area contributed by atoms with Gasteiger partial charge >= 0.3 is 0 Å². The van der Waals surface area contributed by atoms with E-state index in [1.165, 1.54) is 25.1 Å². The van der Waals surface area contributed by atoms with Crippen LogP contribution in [0.1, 0.15) is 18.1 Å². The number of rotatable bonds is 7. The summed E-state index contributed by atoms with van der Waals surface area (Å²) in [7, 11) is -3.84. The van der Waals surface area contributed by atoms with Gasteiger partial charge in [0.05, 0.1) is 22.4 Å². The number of carbonyl (C=O) groups excluding carboxylic acids is 1. The van der Waals surface area contributed by atoms with Crippen LogP contribution < -0.4 is 9.62 Å². The van der Waals surface area contributed by atoms with Crippen molar-refractivity contribution in [3.8, 4) is 0 Å². The Morgan fingerprint density at radius 1 is 1.19 bits per heavy atom. The molecule has 1 amide bonds. The lowest BCUT2D eigenvalue weighted by molar-refractivity contribution is -0.385. The minimum Gasteiger partial charge on any atom is -0.324 e. The Bertz CT molecular complexity index is 973. The summed E-state index contributed by atoms with van der Waals surface area (Å²) in [5.41, 5.74) is 1.59. The number of para-hydroxylation sites is 1. The lowest BCUT2D eigenvalue weighted by Crippen LogP contribution is -2.38. The van der Waals surface area contributed by atoms with E-state index in [9.17, 15) is 23.3 Å². The van der Waals surface area contributed by atoms with Crippen LogP contribution in [0.25, 0.3) is 0 Å². The van der Waals surface area contributed by atoms with Crippen molar-refractivity contribution in [3.63, 3.8) is 0 Å². The van der Waals surface area contributed by atoms with Gasteiger partial charge in [-0.15, -0.1) is 0 Å². The van der Waals surface area contributed by atoms with Gasteiger partial charge < -0.3 is 5.32 Å². The van der Waals surface area contributed by atoms with Crippen LogP contribution in [0.15, 0.2) is 42.5 Å². The Morgan fingerprint density at radius 3 is 2.44 bits per heavy atom. The molecule has 0 radical (unpaired) electrons. The molecular weight excluding hydrogens is 370 g/mol. The highest BCUT2D eigenvalue weighted by molar-refractivity contribution is 7.92. The van der Waals surface area contributed by atoms with Crippen molar-refractivity contribution in [1.82, 2.24) is 0 Å². The summed E-state index contributed by atoms with van der Waals surface area (Å²) in [4.78, 5) is 23.0. The molecule has 0 atom stereocenters. The van der Waals surface area contributed by atoms with E-state index < -0.39 is 27.4 Å². The van der Waals surface area contributed by atoms with Crippen molar-refractivity contribution in [3.05, 3.63) is 63.7 Å². The SMILES string of the molecule is CCc1ccccc1NC(=O)CN(c1cccc([N+](=O)[O-])c1C)S(C)(=O)=O. The third-order valence-electron chi connectivity index (χ3n) is 4.10. The van der Waals surface area contributed by atoms with Crippen LogP contribution in [0.4, 0.5) is 17.1 Å². The molecule has 0 bridgehead atoms. The Kier molecular flexibility index (Phi) is 6.17. The highest BCUT2D eigenvalue weighted by atomic mass is 32.2. The van der Waals surface area contributed by atoms with E-state index in [4.69, 9.17) is 0 Å². The van der Waals surface area contributed by atoms with Gasteiger partial charge in [0.1, 0.15) is 6.54 Å². The molecule has 0 unspecified atom stereocenters. The molecule has 2 aromatic carbocycles. The Labute approximate surface area is 158 Å². The van der Waals surface area contributed by atoms with Gasteiger partial charge in [0, 0.05) is 11.8 Å². The van der Waals surface area contributed by atoms with E-state index in [1.54, 1.807) is 12.1 Å². The number of hydrogen-bond acceptors (Lipinski definition) is 5. The number of nitro groups is 1. The molecule has 0 aliphatic carbocycles. The topological polar surface area (TPSA) is 110 Å². The molecule has 0 aromatic heterocycles. The van der Waals surface area contributed by atoms with Crippen LogP contribution in [0, 0.1) is 17.0 Å². The van der Waals surface area contributed by atoms with E-state index >= 15 is 0 Å². The van der Waals surface area contributed by atoms with E-state index in [2.05, 4.69) is 5.32 Å². The van der Waals surface area contributed by atoms with Gasteiger partial charge in [0.2, 0.25) is 15.9 Å². The first-order valence-corrected chi connectivity index (χ1v) is 10.1. The van der Waals surface area contributed by atoms with E-state index in [0.717, 1.165) is 16.1 Å². The lowest BCUT2D eigenvalue weighted by atomic mass is 10.1. The van der Waals surface area contributed by atoms with Gasteiger partial charge in [-0.1, -0.05) is 31.2 Å². The van der Waals surface area contributed by atoms with Gasteiger partial charge in [0.25, 0.3) is 5.69 Å². The van der Waals surface area contributed by atoms with Crippen molar-refractivity contribution in [2.24, 2.45) is 0 Å². The van der Waals surface area contributed by atoms with Gasteiger partial charge in [-0.3, -0.25) is 19.2 Å². The van der Waals surface area contributed by atoms with Crippen LogP contribution in [-0.2, 0) is 21.2 Å². The molecule has 0 fully saturated rings. The lowest BCUT2D eigenvalue weighted by Gasteiger charge is -2.23. The molecule has 8 nitrogen and oxygen atoms in total. The fourth-order valence-corrected chi connectivity index (χ4v) is 3.64. The molecule has 0 saturated carbocycles. The largest absolute Gasteiger partial charge is 0.324 e. The minimum atomic E-state index is -3.84. The fourth-order valence-electron chi connectivity index (χ4n) is 2.73. The van der Waals surface area contributed by atoms with Gasteiger partial charge in [-0.25, -0.2) is 8.42 Å². The zero-order valence-corrected chi connectivity index (χ0v) is 16.1. The van der Waals surface area contributed by atoms with Crippen molar-refractivity contribution < 1.29 is 18.1 Å². The molecule has 1 N–H and O–H groups in total. The van der Waals surface area contributed by atoms with Crippen molar-refractivity contribution >= 4 is 33.0 Å². The summed E-state index contributed by atoms with van der Waals surface area (Å²) in [6, 6.07) is 11.3. The zero-order valence-electron chi connectivity index (χ0n) is 15.3. The summed E-state index contributed by atoms with van der Waals surface area (Å²) < 4.78 is 25.4. The average Bonchev–Trinajstić information content (AvgIpc) is 2.59. The highest BCUT2D eigenvalue weighted by Gasteiger charge is 2.26. The molecule has 0 aliphatic rings. The summed E-state index contributed by atoms with van der Waals surface area (Å²) in [6.45, 7) is 2.91. The number of nitrogens with zero attached hydrogens (tertiary/aromatic N) is 2.